The molecule has 0 bridgehead atoms. The number of fused-ring (bicyclic) bond motifs is 1. The second-order valence-corrected chi connectivity index (χ2v) is 9.78. The molecule has 0 radical (unpaired) electrons. The zero-order valence-electron chi connectivity index (χ0n) is 17.5. The van der Waals surface area contributed by atoms with Crippen molar-refractivity contribution in [3.8, 4) is 5.69 Å². The van der Waals surface area contributed by atoms with Crippen LogP contribution in [0.4, 0.5) is 4.79 Å². The summed E-state index contributed by atoms with van der Waals surface area (Å²) in [6.45, 7) is 6.33. The van der Waals surface area contributed by atoms with Crippen molar-refractivity contribution in [1.82, 2.24) is 19.2 Å². The van der Waals surface area contributed by atoms with Crippen LogP contribution < -0.4 is 5.69 Å². The van der Waals surface area contributed by atoms with Crippen molar-refractivity contribution in [2.75, 3.05) is 19.4 Å². The van der Waals surface area contributed by atoms with Crippen molar-refractivity contribution < 1.29 is 22.1 Å². The molecule has 164 valence electrons. The third-order valence-electron chi connectivity index (χ3n) is 4.47. The molecule has 0 unspecified atom stereocenters. The largest absolute Gasteiger partial charge is 0.444 e. The van der Waals surface area contributed by atoms with Gasteiger partial charge in [-0.05, 0) is 50.5 Å². The van der Waals surface area contributed by atoms with E-state index < -0.39 is 21.4 Å². The fourth-order valence-electron chi connectivity index (χ4n) is 3.11. The second kappa shape index (κ2) is 8.23. The number of rotatable bonds is 5. The molecule has 1 amide bonds. The molecule has 0 spiro atoms. The summed E-state index contributed by atoms with van der Waals surface area (Å²) in [5.74, 6) is 0. The highest BCUT2D eigenvalue weighted by Crippen LogP contribution is 2.23. The Kier molecular flexibility index (Phi) is 6.04. The topological polar surface area (TPSA) is 113 Å². The highest BCUT2D eigenvalue weighted by Gasteiger charge is 2.26. The van der Waals surface area contributed by atoms with Crippen molar-refractivity contribution in [3.05, 3.63) is 46.1 Å². The molecule has 0 aliphatic carbocycles. The Hall–Kier alpha value is -2.66. The molecular formula is C19H26N4O6S. The van der Waals surface area contributed by atoms with Gasteiger partial charge in [-0.2, -0.15) is 13.5 Å². The molecule has 1 aromatic heterocycles. The molecule has 0 atom stereocenters. The van der Waals surface area contributed by atoms with Gasteiger partial charge in [0.05, 0.1) is 25.1 Å². The first-order valence-corrected chi connectivity index (χ1v) is 11.3. The third kappa shape index (κ3) is 5.48. The Morgan fingerprint density at radius 2 is 1.97 bits per heavy atom. The number of hydrogen-bond donors (Lipinski definition) is 0. The van der Waals surface area contributed by atoms with E-state index in [4.69, 9.17) is 4.74 Å². The fraction of sp³-hybridized carbons (Fsp3) is 0.526. The van der Waals surface area contributed by atoms with Crippen LogP contribution >= 0.6 is 0 Å². The molecular weight excluding hydrogens is 412 g/mol. The SMILES string of the molecule is CC(C)(C)OC(=O)N1CCc2cc(-n3cnn(CCOS(C)(=O)=O)c3=O)ccc2C1. The van der Waals surface area contributed by atoms with Gasteiger partial charge in [0.2, 0.25) is 0 Å². The maximum absolute atomic E-state index is 12.6. The zero-order chi connectivity index (χ0) is 22.1. The predicted octanol–water partition coefficient (Wildman–Crippen LogP) is 1.30. The molecule has 1 aromatic carbocycles. The second-order valence-electron chi connectivity index (χ2n) is 8.14. The Morgan fingerprint density at radius 1 is 1.23 bits per heavy atom. The minimum absolute atomic E-state index is 0.0225. The summed E-state index contributed by atoms with van der Waals surface area (Å²) < 4.78 is 34.7. The lowest BCUT2D eigenvalue weighted by atomic mass is 9.99. The molecule has 0 saturated carbocycles. The fourth-order valence-corrected chi connectivity index (χ4v) is 3.49. The predicted molar refractivity (Wildman–Crippen MR) is 109 cm³/mol. The molecule has 10 nitrogen and oxygen atoms in total. The van der Waals surface area contributed by atoms with Crippen LogP contribution in [0.25, 0.3) is 5.69 Å². The normalized spacial score (nSPS) is 14.5. The number of nitrogens with zero attached hydrogens (tertiary/aromatic N) is 4. The third-order valence-corrected chi connectivity index (χ3v) is 5.06. The smallest absolute Gasteiger partial charge is 0.410 e. The van der Waals surface area contributed by atoms with Gasteiger partial charge in [-0.1, -0.05) is 6.07 Å². The van der Waals surface area contributed by atoms with Crippen LogP contribution in [0.3, 0.4) is 0 Å². The summed E-state index contributed by atoms with van der Waals surface area (Å²) in [5, 5.41) is 4.02. The summed E-state index contributed by atoms with van der Waals surface area (Å²) in [6.07, 6.45) is 2.64. The maximum atomic E-state index is 12.6. The molecule has 0 N–H and O–H groups in total. The van der Waals surface area contributed by atoms with Gasteiger partial charge in [-0.25, -0.2) is 18.8 Å². The van der Waals surface area contributed by atoms with E-state index in [-0.39, 0.29) is 19.2 Å². The molecule has 1 aliphatic heterocycles. The summed E-state index contributed by atoms with van der Waals surface area (Å²) in [7, 11) is -3.57. The Morgan fingerprint density at radius 3 is 2.63 bits per heavy atom. The minimum atomic E-state index is -3.57. The minimum Gasteiger partial charge on any atom is -0.444 e. The van der Waals surface area contributed by atoms with E-state index in [1.165, 1.54) is 10.9 Å². The van der Waals surface area contributed by atoms with Crippen LogP contribution in [-0.4, -0.2) is 58.8 Å². The van der Waals surface area contributed by atoms with E-state index in [0.717, 1.165) is 22.1 Å². The van der Waals surface area contributed by atoms with Gasteiger partial charge in [-0.15, -0.1) is 0 Å². The standard InChI is InChI=1S/C19H26N4O6S/c1-19(2,3)29-18(25)21-8-7-14-11-16(6-5-15(14)12-21)22-13-20-23(17(22)24)9-10-28-30(4,26)27/h5-6,11,13H,7-10,12H2,1-4H3. The quantitative estimate of drug-likeness (QED) is 0.647. The van der Waals surface area contributed by atoms with Crippen LogP contribution in [0, 0.1) is 0 Å². The van der Waals surface area contributed by atoms with Gasteiger partial charge < -0.3 is 9.64 Å². The average Bonchev–Trinajstić information content (AvgIpc) is 2.99. The van der Waals surface area contributed by atoms with Crippen LogP contribution in [0.5, 0.6) is 0 Å². The van der Waals surface area contributed by atoms with Crippen molar-refractivity contribution in [2.45, 2.75) is 45.9 Å². The Labute approximate surface area is 175 Å². The van der Waals surface area contributed by atoms with E-state index >= 15 is 0 Å². The van der Waals surface area contributed by atoms with Crippen molar-refractivity contribution in [1.29, 1.82) is 0 Å². The van der Waals surface area contributed by atoms with Gasteiger partial charge in [0.1, 0.15) is 11.9 Å². The van der Waals surface area contributed by atoms with Gasteiger partial charge in [0.15, 0.2) is 0 Å². The zero-order valence-corrected chi connectivity index (χ0v) is 18.3. The summed E-state index contributed by atoms with van der Waals surface area (Å²) in [4.78, 5) is 26.5. The molecule has 0 fully saturated rings. The maximum Gasteiger partial charge on any atom is 0.410 e. The van der Waals surface area contributed by atoms with Gasteiger partial charge in [0, 0.05) is 13.1 Å². The Bertz CT molecular complexity index is 1100. The molecule has 1 aliphatic rings. The van der Waals surface area contributed by atoms with Crippen molar-refractivity contribution in [2.24, 2.45) is 0 Å². The van der Waals surface area contributed by atoms with Gasteiger partial charge in [0.25, 0.3) is 10.1 Å². The van der Waals surface area contributed by atoms with Crippen LogP contribution in [0.15, 0.2) is 29.3 Å². The number of carbonyl (C=O) groups is 1. The molecule has 2 aromatic rings. The van der Waals surface area contributed by atoms with Crippen molar-refractivity contribution in [3.63, 3.8) is 0 Å². The first kappa shape index (κ1) is 22.0. The van der Waals surface area contributed by atoms with E-state index in [2.05, 4.69) is 9.28 Å². The Balaban J connectivity index is 1.72. The number of amides is 1. The molecule has 0 saturated heterocycles. The average molecular weight is 439 g/mol. The summed E-state index contributed by atoms with van der Waals surface area (Å²) in [6, 6.07) is 5.58. The molecule has 11 heteroatoms. The number of carbonyl (C=O) groups excluding carboxylic acids is 1. The van der Waals surface area contributed by atoms with Crippen LogP contribution in [-0.2, 0) is 38.5 Å². The number of ether oxygens (including phenoxy) is 1. The monoisotopic (exact) mass is 438 g/mol. The van der Waals surface area contributed by atoms with E-state index in [1.54, 1.807) is 11.0 Å². The first-order valence-electron chi connectivity index (χ1n) is 9.52. The van der Waals surface area contributed by atoms with Crippen LogP contribution in [0.2, 0.25) is 0 Å². The lowest BCUT2D eigenvalue weighted by Crippen LogP contribution is -2.39. The number of hydrogen-bond acceptors (Lipinski definition) is 7. The highest BCUT2D eigenvalue weighted by atomic mass is 32.2. The summed E-state index contributed by atoms with van der Waals surface area (Å²) in [5.41, 5.74) is 1.76. The van der Waals surface area contributed by atoms with E-state index in [1.807, 2.05) is 32.9 Å². The first-order chi connectivity index (χ1) is 13.9. The number of aromatic nitrogens is 3. The molecule has 3 rings (SSSR count). The van der Waals surface area contributed by atoms with Gasteiger partial charge >= 0.3 is 11.8 Å². The molecule has 2 heterocycles. The van der Waals surface area contributed by atoms with E-state index in [9.17, 15) is 18.0 Å². The summed E-state index contributed by atoms with van der Waals surface area (Å²) >= 11 is 0. The lowest BCUT2D eigenvalue weighted by molar-refractivity contribution is 0.0224. The number of benzene rings is 1. The van der Waals surface area contributed by atoms with E-state index in [0.29, 0.717) is 25.2 Å². The lowest BCUT2D eigenvalue weighted by Gasteiger charge is -2.31. The van der Waals surface area contributed by atoms with Crippen molar-refractivity contribution >= 4 is 16.2 Å². The highest BCUT2D eigenvalue weighted by molar-refractivity contribution is 7.85. The molecule has 30 heavy (non-hydrogen) atoms. The van der Waals surface area contributed by atoms with Gasteiger partial charge in [-0.3, -0.25) is 4.18 Å². The van der Waals surface area contributed by atoms with Crippen LogP contribution in [0.1, 0.15) is 31.9 Å².